The van der Waals surface area contributed by atoms with Gasteiger partial charge in [-0.2, -0.15) is 0 Å². The van der Waals surface area contributed by atoms with Gasteiger partial charge >= 0.3 is 0 Å². The number of carbonyl (C=O) groups excluding carboxylic acids is 1. The van der Waals surface area contributed by atoms with E-state index in [1.807, 2.05) is 32.2 Å². The van der Waals surface area contributed by atoms with E-state index in [4.69, 9.17) is 0 Å². The SMILES string of the molecule is Cc1ccc(Br)c(C(=O)N(C)CC(C)C)c1. The lowest BCUT2D eigenvalue weighted by Crippen LogP contribution is -2.30. The Hall–Kier alpha value is -0.830. The van der Waals surface area contributed by atoms with E-state index in [-0.39, 0.29) is 5.91 Å². The molecule has 0 aliphatic carbocycles. The number of hydrogen-bond acceptors (Lipinski definition) is 1. The van der Waals surface area contributed by atoms with Crippen molar-refractivity contribution >= 4 is 21.8 Å². The van der Waals surface area contributed by atoms with Gasteiger partial charge in [0.15, 0.2) is 0 Å². The highest BCUT2D eigenvalue weighted by atomic mass is 79.9. The molecule has 0 aliphatic heterocycles. The van der Waals surface area contributed by atoms with Crippen LogP contribution in [0.1, 0.15) is 29.8 Å². The van der Waals surface area contributed by atoms with Crippen molar-refractivity contribution in [3.8, 4) is 0 Å². The van der Waals surface area contributed by atoms with Crippen LogP contribution in [0.2, 0.25) is 0 Å². The lowest BCUT2D eigenvalue weighted by Gasteiger charge is -2.20. The molecule has 1 aromatic rings. The normalized spacial score (nSPS) is 10.6. The second-order valence-corrected chi connectivity index (χ2v) is 5.42. The monoisotopic (exact) mass is 283 g/mol. The Morgan fingerprint density at radius 3 is 2.62 bits per heavy atom. The Kier molecular flexibility index (Phi) is 4.54. The van der Waals surface area contributed by atoms with E-state index in [0.29, 0.717) is 5.92 Å². The molecule has 0 heterocycles. The minimum Gasteiger partial charge on any atom is -0.341 e. The number of aryl methyl sites for hydroxylation is 1. The fraction of sp³-hybridized carbons (Fsp3) is 0.462. The summed E-state index contributed by atoms with van der Waals surface area (Å²) in [6.45, 7) is 6.98. The molecule has 16 heavy (non-hydrogen) atoms. The van der Waals surface area contributed by atoms with E-state index in [9.17, 15) is 4.79 Å². The summed E-state index contributed by atoms with van der Waals surface area (Å²) in [6, 6.07) is 5.83. The Balaban J connectivity index is 2.91. The number of hydrogen-bond donors (Lipinski definition) is 0. The molecule has 3 heteroatoms. The van der Waals surface area contributed by atoms with Crippen molar-refractivity contribution in [3.05, 3.63) is 33.8 Å². The van der Waals surface area contributed by atoms with E-state index in [1.165, 1.54) is 0 Å². The van der Waals surface area contributed by atoms with Crippen molar-refractivity contribution in [2.24, 2.45) is 5.92 Å². The van der Waals surface area contributed by atoms with Crippen LogP contribution in [0.5, 0.6) is 0 Å². The third-order valence-electron chi connectivity index (χ3n) is 2.34. The number of carbonyl (C=O) groups is 1. The zero-order chi connectivity index (χ0) is 12.3. The Bertz CT molecular complexity index is 388. The summed E-state index contributed by atoms with van der Waals surface area (Å²) in [5, 5.41) is 0. The van der Waals surface area contributed by atoms with Crippen LogP contribution >= 0.6 is 15.9 Å². The zero-order valence-corrected chi connectivity index (χ0v) is 11.8. The van der Waals surface area contributed by atoms with Gasteiger partial charge in [0, 0.05) is 18.1 Å². The molecule has 1 aromatic carbocycles. The van der Waals surface area contributed by atoms with E-state index in [1.54, 1.807) is 4.90 Å². The molecular formula is C13H18BrNO. The van der Waals surface area contributed by atoms with Gasteiger partial charge in [-0.05, 0) is 40.9 Å². The van der Waals surface area contributed by atoms with Crippen LogP contribution in [-0.2, 0) is 0 Å². The van der Waals surface area contributed by atoms with E-state index in [2.05, 4.69) is 29.8 Å². The average Bonchev–Trinajstić information content (AvgIpc) is 2.19. The molecule has 0 aromatic heterocycles. The first-order valence-electron chi connectivity index (χ1n) is 5.43. The van der Waals surface area contributed by atoms with Gasteiger partial charge in [-0.25, -0.2) is 0 Å². The van der Waals surface area contributed by atoms with Gasteiger partial charge in [-0.1, -0.05) is 25.5 Å². The summed E-state index contributed by atoms with van der Waals surface area (Å²) < 4.78 is 0.860. The molecule has 0 fully saturated rings. The quantitative estimate of drug-likeness (QED) is 0.832. The molecule has 0 radical (unpaired) electrons. The van der Waals surface area contributed by atoms with Crippen molar-refractivity contribution in [1.29, 1.82) is 0 Å². The zero-order valence-electron chi connectivity index (χ0n) is 10.2. The maximum Gasteiger partial charge on any atom is 0.254 e. The summed E-state index contributed by atoms with van der Waals surface area (Å²) in [4.78, 5) is 13.9. The van der Waals surface area contributed by atoms with E-state index < -0.39 is 0 Å². The van der Waals surface area contributed by atoms with Gasteiger partial charge < -0.3 is 4.90 Å². The first-order valence-corrected chi connectivity index (χ1v) is 6.22. The minimum absolute atomic E-state index is 0.0734. The summed E-state index contributed by atoms with van der Waals surface area (Å²) in [6.07, 6.45) is 0. The molecule has 0 N–H and O–H groups in total. The van der Waals surface area contributed by atoms with Crippen molar-refractivity contribution in [2.75, 3.05) is 13.6 Å². The van der Waals surface area contributed by atoms with Crippen molar-refractivity contribution in [3.63, 3.8) is 0 Å². The molecule has 0 saturated carbocycles. The first-order chi connectivity index (χ1) is 7.41. The maximum atomic E-state index is 12.1. The Labute approximate surface area is 106 Å². The van der Waals surface area contributed by atoms with E-state index >= 15 is 0 Å². The Morgan fingerprint density at radius 1 is 1.44 bits per heavy atom. The van der Waals surface area contributed by atoms with Crippen LogP contribution in [0.4, 0.5) is 0 Å². The number of halogens is 1. The van der Waals surface area contributed by atoms with Gasteiger partial charge in [0.25, 0.3) is 5.91 Å². The number of benzene rings is 1. The molecule has 0 spiro atoms. The summed E-state index contributed by atoms with van der Waals surface area (Å²) in [7, 11) is 1.84. The molecule has 0 aliphatic rings. The molecule has 2 nitrogen and oxygen atoms in total. The molecule has 0 bridgehead atoms. The molecule has 0 unspecified atom stereocenters. The number of nitrogens with zero attached hydrogens (tertiary/aromatic N) is 1. The van der Waals surface area contributed by atoms with E-state index in [0.717, 1.165) is 22.1 Å². The summed E-state index contributed by atoms with van der Waals surface area (Å²) in [5.74, 6) is 0.557. The summed E-state index contributed by atoms with van der Waals surface area (Å²) in [5.41, 5.74) is 1.84. The third-order valence-corrected chi connectivity index (χ3v) is 3.03. The molecule has 88 valence electrons. The van der Waals surface area contributed by atoms with Crippen molar-refractivity contribution in [1.82, 2.24) is 4.90 Å². The highest BCUT2D eigenvalue weighted by Crippen LogP contribution is 2.19. The second-order valence-electron chi connectivity index (χ2n) is 4.56. The highest BCUT2D eigenvalue weighted by Gasteiger charge is 2.15. The van der Waals surface area contributed by atoms with Gasteiger partial charge in [0.2, 0.25) is 0 Å². The molecule has 1 amide bonds. The third kappa shape index (κ3) is 3.34. The minimum atomic E-state index is 0.0734. The van der Waals surface area contributed by atoms with Gasteiger partial charge in [-0.3, -0.25) is 4.79 Å². The van der Waals surface area contributed by atoms with Crippen molar-refractivity contribution in [2.45, 2.75) is 20.8 Å². The molecule has 1 rings (SSSR count). The standard InChI is InChI=1S/C13H18BrNO/c1-9(2)8-15(4)13(16)11-7-10(3)5-6-12(11)14/h5-7,9H,8H2,1-4H3. The predicted molar refractivity (Wildman–Crippen MR) is 70.7 cm³/mol. The molecule has 0 atom stereocenters. The smallest absolute Gasteiger partial charge is 0.254 e. The highest BCUT2D eigenvalue weighted by molar-refractivity contribution is 9.10. The van der Waals surface area contributed by atoms with Crippen LogP contribution in [0.3, 0.4) is 0 Å². The Morgan fingerprint density at radius 2 is 2.06 bits per heavy atom. The largest absolute Gasteiger partial charge is 0.341 e. The first kappa shape index (κ1) is 13.2. The number of amides is 1. The van der Waals surface area contributed by atoms with Gasteiger partial charge in [0.1, 0.15) is 0 Å². The fourth-order valence-corrected chi connectivity index (χ4v) is 2.06. The van der Waals surface area contributed by atoms with Crippen molar-refractivity contribution < 1.29 is 4.79 Å². The summed E-state index contributed by atoms with van der Waals surface area (Å²) >= 11 is 3.42. The van der Waals surface area contributed by atoms with Gasteiger partial charge in [0.05, 0.1) is 5.56 Å². The lowest BCUT2D eigenvalue weighted by atomic mass is 10.1. The van der Waals surface area contributed by atoms with Crippen LogP contribution in [0.25, 0.3) is 0 Å². The topological polar surface area (TPSA) is 20.3 Å². The molecule has 0 saturated heterocycles. The van der Waals surface area contributed by atoms with Crippen LogP contribution < -0.4 is 0 Å². The van der Waals surface area contributed by atoms with Crippen LogP contribution in [0, 0.1) is 12.8 Å². The van der Waals surface area contributed by atoms with Crippen LogP contribution in [0.15, 0.2) is 22.7 Å². The fourth-order valence-electron chi connectivity index (χ4n) is 1.64. The molecular weight excluding hydrogens is 266 g/mol. The maximum absolute atomic E-state index is 12.1. The predicted octanol–water partition coefficient (Wildman–Crippen LogP) is 3.49. The van der Waals surface area contributed by atoms with Gasteiger partial charge in [-0.15, -0.1) is 0 Å². The lowest BCUT2D eigenvalue weighted by molar-refractivity contribution is 0.0778. The second kappa shape index (κ2) is 5.48. The average molecular weight is 284 g/mol. The number of rotatable bonds is 3. The van der Waals surface area contributed by atoms with Crippen LogP contribution in [-0.4, -0.2) is 24.4 Å².